The van der Waals surface area contributed by atoms with Crippen molar-refractivity contribution in [3.05, 3.63) is 34.3 Å². The quantitative estimate of drug-likeness (QED) is 0.696. The molecule has 1 aromatic rings. The van der Waals surface area contributed by atoms with Gasteiger partial charge in [0.25, 0.3) is 0 Å². The van der Waals surface area contributed by atoms with Crippen molar-refractivity contribution >= 4 is 22.2 Å². The smallest absolute Gasteiger partial charge is 0.180 e. The van der Waals surface area contributed by atoms with Gasteiger partial charge in [-0.2, -0.15) is 0 Å². The summed E-state index contributed by atoms with van der Waals surface area (Å²) in [6.45, 7) is 0. The topological polar surface area (TPSA) is 17.1 Å². The van der Waals surface area contributed by atoms with E-state index in [4.69, 9.17) is 0 Å². The molecule has 11 heavy (non-hydrogen) atoms. The maximum Gasteiger partial charge on any atom is 0.180 e. The number of rotatable bonds is 2. The lowest BCUT2D eigenvalue weighted by Crippen LogP contribution is -1.91. The monoisotopic (exact) mass is 216 g/mol. The van der Waals surface area contributed by atoms with Crippen molar-refractivity contribution in [3.8, 4) is 0 Å². The summed E-state index contributed by atoms with van der Waals surface area (Å²) in [6.07, 6.45) is -1.23. The molecule has 58 valence electrons. The van der Waals surface area contributed by atoms with Gasteiger partial charge in [-0.1, -0.05) is 28.1 Å². The first-order chi connectivity index (χ1) is 5.24. The molecule has 0 fully saturated rings. The van der Waals surface area contributed by atoms with Crippen LogP contribution in [0.3, 0.4) is 0 Å². The lowest BCUT2D eigenvalue weighted by molar-refractivity contribution is -0.112. The van der Waals surface area contributed by atoms with E-state index in [0.29, 0.717) is 5.56 Å². The van der Waals surface area contributed by atoms with E-state index >= 15 is 0 Å². The normalized spacial score (nSPS) is 12.5. The third kappa shape index (κ3) is 2.12. The van der Waals surface area contributed by atoms with E-state index < -0.39 is 6.17 Å². The fraction of sp³-hybridized carbons (Fsp3) is 0.125. The van der Waals surface area contributed by atoms with Gasteiger partial charge in [0.15, 0.2) is 12.5 Å². The van der Waals surface area contributed by atoms with Crippen LogP contribution in [0.2, 0.25) is 0 Å². The molecular formula is C8H6BrFO. The van der Waals surface area contributed by atoms with Crippen LogP contribution in [0.25, 0.3) is 0 Å². The lowest BCUT2D eigenvalue weighted by atomic mass is 10.1. The zero-order valence-corrected chi connectivity index (χ0v) is 7.21. The van der Waals surface area contributed by atoms with Gasteiger partial charge in [-0.05, 0) is 17.7 Å². The Kier molecular flexibility index (Phi) is 2.76. The van der Waals surface area contributed by atoms with Crippen molar-refractivity contribution in [1.29, 1.82) is 0 Å². The highest BCUT2D eigenvalue weighted by molar-refractivity contribution is 9.10. The molecule has 0 unspecified atom stereocenters. The van der Waals surface area contributed by atoms with E-state index in [1.54, 1.807) is 24.3 Å². The molecule has 1 rings (SSSR count). The van der Waals surface area contributed by atoms with Crippen LogP contribution in [0.15, 0.2) is 28.7 Å². The molecule has 0 aliphatic rings. The van der Waals surface area contributed by atoms with Gasteiger partial charge < -0.3 is 0 Å². The summed E-state index contributed by atoms with van der Waals surface area (Å²) in [5.41, 5.74) is 0.384. The Balaban J connectivity index is 2.95. The number of hydrogen-bond acceptors (Lipinski definition) is 1. The van der Waals surface area contributed by atoms with Crippen LogP contribution in [0.4, 0.5) is 4.39 Å². The molecule has 0 spiro atoms. The largest absolute Gasteiger partial charge is 0.300 e. The Hall–Kier alpha value is -0.700. The number of alkyl halides is 1. The first kappa shape index (κ1) is 8.40. The van der Waals surface area contributed by atoms with Crippen LogP contribution < -0.4 is 0 Å². The fourth-order valence-corrected chi connectivity index (χ4v) is 1.17. The zero-order chi connectivity index (χ0) is 8.27. The minimum atomic E-state index is -1.51. The molecule has 1 aromatic carbocycles. The molecule has 1 nitrogen and oxygen atoms in total. The number of hydrogen-bond donors (Lipinski definition) is 0. The van der Waals surface area contributed by atoms with Crippen molar-refractivity contribution in [2.24, 2.45) is 0 Å². The van der Waals surface area contributed by atoms with Crippen LogP contribution in [0.5, 0.6) is 0 Å². The first-order valence-electron chi connectivity index (χ1n) is 3.09. The second-order valence-electron chi connectivity index (χ2n) is 2.09. The molecule has 0 saturated heterocycles. The molecule has 3 heteroatoms. The minimum Gasteiger partial charge on any atom is -0.300 e. The standard InChI is InChI=1S/C8H6BrFO/c9-7-3-1-2-6(4-7)8(10)5-11/h1-5,8H/t8-/m0/s1. The summed E-state index contributed by atoms with van der Waals surface area (Å²) >= 11 is 3.18. The van der Waals surface area contributed by atoms with Crippen molar-refractivity contribution in [2.45, 2.75) is 6.17 Å². The Labute approximate surface area is 72.4 Å². The van der Waals surface area contributed by atoms with Crippen molar-refractivity contribution in [1.82, 2.24) is 0 Å². The number of benzene rings is 1. The van der Waals surface area contributed by atoms with Crippen molar-refractivity contribution in [3.63, 3.8) is 0 Å². The SMILES string of the molecule is O=C[C@H](F)c1cccc(Br)c1. The van der Waals surface area contributed by atoms with Gasteiger partial charge in [-0.15, -0.1) is 0 Å². The Morgan fingerprint density at radius 2 is 2.27 bits per heavy atom. The molecule has 0 N–H and O–H groups in total. The molecule has 0 radical (unpaired) electrons. The number of carbonyl (C=O) groups excluding carboxylic acids is 1. The van der Waals surface area contributed by atoms with Crippen molar-refractivity contribution in [2.75, 3.05) is 0 Å². The summed E-state index contributed by atoms with van der Waals surface area (Å²) < 4.78 is 13.4. The maximum atomic E-state index is 12.7. The Morgan fingerprint density at radius 3 is 2.82 bits per heavy atom. The van der Waals surface area contributed by atoms with E-state index in [1.807, 2.05) is 0 Å². The summed E-state index contributed by atoms with van der Waals surface area (Å²) in [6, 6.07) is 6.62. The second kappa shape index (κ2) is 3.62. The average Bonchev–Trinajstić information content (AvgIpc) is 2.03. The molecular weight excluding hydrogens is 211 g/mol. The highest BCUT2D eigenvalue weighted by Gasteiger charge is 2.06. The second-order valence-corrected chi connectivity index (χ2v) is 3.01. The van der Waals surface area contributed by atoms with Gasteiger partial charge in [0.05, 0.1) is 0 Å². The van der Waals surface area contributed by atoms with E-state index in [1.165, 1.54) is 0 Å². The van der Waals surface area contributed by atoms with Gasteiger partial charge in [0.1, 0.15) is 0 Å². The van der Waals surface area contributed by atoms with Crippen molar-refractivity contribution < 1.29 is 9.18 Å². The van der Waals surface area contributed by atoms with Crippen LogP contribution in [-0.2, 0) is 4.79 Å². The lowest BCUT2D eigenvalue weighted by Gasteiger charge is -1.99. The van der Waals surface area contributed by atoms with E-state index in [2.05, 4.69) is 15.9 Å². The number of carbonyl (C=O) groups is 1. The van der Waals surface area contributed by atoms with Crippen LogP contribution in [-0.4, -0.2) is 6.29 Å². The van der Waals surface area contributed by atoms with Gasteiger partial charge in [-0.3, -0.25) is 4.79 Å². The van der Waals surface area contributed by atoms with Gasteiger partial charge in [0, 0.05) is 4.47 Å². The summed E-state index contributed by atoms with van der Waals surface area (Å²) in [5, 5.41) is 0. The zero-order valence-electron chi connectivity index (χ0n) is 5.63. The number of halogens is 2. The third-order valence-corrected chi connectivity index (χ3v) is 1.78. The van der Waals surface area contributed by atoms with E-state index in [-0.39, 0.29) is 6.29 Å². The minimum absolute atomic E-state index is 0.280. The van der Waals surface area contributed by atoms with E-state index in [0.717, 1.165) is 4.47 Å². The molecule has 0 aliphatic carbocycles. The average molecular weight is 217 g/mol. The molecule has 1 atom stereocenters. The predicted octanol–water partition coefficient (Wildman–Crippen LogP) is 2.66. The third-order valence-electron chi connectivity index (χ3n) is 1.29. The summed E-state index contributed by atoms with van der Waals surface area (Å²) in [7, 11) is 0. The molecule has 0 aromatic heterocycles. The highest BCUT2D eigenvalue weighted by Crippen LogP contribution is 2.18. The molecule has 0 bridgehead atoms. The maximum absolute atomic E-state index is 12.7. The van der Waals surface area contributed by atoms with Gasteiger partial charge in [0.2, 0.25) is 0 Å². The molecule has 0 saturated carbocycles. The first-order valence-corrected chi connectivity index (χ1v) is 3.88. The van der Waals surface area contributed by atoms with Gasteiger partial charge in [-0.25, -0.2) is 4.39 Å². The number of aldehydes is 1. The van der Waals surface area contributed by atoms with Crippen LogP contribution in [0.1, 0.15) is 11.7 Å². The van der Waals surface area contributed by atoms with Crippen LogP contribution >= 0.6 is 15.9 Å². The molecule has 0 aliphatic heterocycles. The molecule has 0 heterocycles. The fourth-order valence-electron chi connectivity index (χ4n) is 0.757. The van der Waals surface area contributed by atoms with Crippen LogP contribution in [0, 0.1) is 0 Å². The van der Waals surface area contributed by atoms with E-state index in [9.17, 15) is 9.18 Å². The summed E-state index contributed by atoms with van der Waals surface area (Å²) in [4.78, 5) is 10.0. The highest BCUT2D eigenvalue weighted by atomic mass is 79.9. The molecule has 0 amide bonds. The van der Waals surface area contributed by atoms with Gasteiger partial charge >= 0.3 is 0 Å². The Morgan fingerprint density at radius 1 is 1.55 bits per heavy atom. The Bertz CT molecular complexity index is 262. The predicted molar refractivity (Wildman–Crippen MR) is 44.1 cm³/mol. The summed E-state index contributed by atoms with van der Waals surface area (Å²) in [5.74, 6) is 0.